The van der Waals surface area contributed by atoms with Gasteiger partial charge in [0, 0.05) is 0 Å². The summed E-state index contributed by atoms with van der Waals surface area (Å²) in [7, 11) is 0. The molecule has 1 aromatic rings. The minimum absolute atomic E-state index is 0.117. The van der Waals surface area contributed by atoms with Gasteiger partial charge in [-0.25, -0.2) is 0 Å². The van der Waals surface area contributed by atoms with E-state index < -0.39 is 12.8 Å². The van der Waals surface area contributed by atoms with Crippen LogP contribution in [0.2, 0.25) is 0 Å². The van der Waals surface area contributed by atoms with Gasteiger partial charge >= 0.3 is 6.18 Å². The Morgan fingerprint density at radius 3 is 2.31 bits per heavy atom. The minimum atomic E-state index is -4.35. The van der Waals surface area contributed by atoms with E-state index in [0.29, 0.717) is 11.3 Å². The van der Waals surface area contributed by atoms with Crippen LogP contribution >= 0.6 is 0 Å². The maximum Gasteiger partial charge on any atom is 0.422 e. The van der Waals surface area contributed by atoms with Crippen molar-refractivity contribution in [1.29, 1.82) is 0 Å². The predicted octanol–water partition coefficient (Wildman–Crippen LogP) is 2.83. The molecule has 0 aromatic heterocycles. The molecular weight excluding hydrogens is 223 g/mol. The standard InChI is InChI=1S/C10H10F3NO2/c1-7(14-15)8-2-4-9(5-3-8)16-6-10(11,12)13/h2-5,15H,6H2,1H3/b14-7-. The molecule has 0 aliphatic heterocycles. The molecule has 88 valence electrons. The quantitative estimate of drug-likeness (QED) is 0.495. The number of halogens is 3. The Morgan fingerprint density at radius 2 is 1.88 bits per heavy atom. The van der Waals surface area contributed by atoms with Crippen molar-refractivity contribution < 1.29 is 23.1 Å². The third kappa shape index (κ3) is 3.80. The van der Waals surface area contributed by atoms with Crippen LogP contribution in [0.4, 0.5) is 13.2 Å². The monoisotopic (exact) mass is 233 g/mol. The van der Waals surface area contributed by atoms with Crippen LogP contribution in [0.25, 0.3) is 0 Å². The molecule has 1 rings (SSSR count). The van der Waals surface area contributed by atoms with Gasteiger partial charge in [0.25, 0.3) is 0 Å². The summed E-state index contributed by atoms with van der Waals surface area (Å²) in [6, 6.07) is 5.80. The van der Waals surface area contributed by atoms with E-state index in [-0.39, 0.29) is 5.75 Å². The van der Waals surface area contributed by atoms with E-state index >= 15 is 0 Å². The van der Waals surface area contributed by atoms with E-state index in [2.05, 4.69) is 9.89 Å². The van der Waals surface area contributed by atoms with Gasteiger partial charge in [0.1, 0.15) is 5.75 Å². The molecule has 0 aliphatic carbocycles. The van der Waals surface area contributed by atoms with Gasteiger partial charge in [0.2, 0.25) is 0 Å². The molecule has 0 bridgehead atoms. The molecule has 0 unspecified atom stereocenters. The lowest BCUT2D eigenvalue weighted by atomic mass is 10.1. The zero-order valence-corrected chi connectivity index (χ0v) is 8.45. The molecular formula is C10H10F3NO2. The maximum atomic E-state index is 11.8. The van der Waals surface area contributed by atoms with Gasteiger partial charge in [-0.2, -0.15) is 13.2 Å². The number of oxime groups is 1. The van der Waals surface area contributed by atoms with Crippen molar-refractivity contribution in [2.45, 2.75) is 13.1 Å². The summed E-state index contributed by atoms with van der Waals surface area (Å²) in [4.78, 5) is 0. The average molecular weight is 233 g/mol. The first-order valence-corrected chi connectivity index (χ1v) is 4.41. The number of benzene rings is 1. The zero-order chi connectivity index (χ0) is 12.2. The van der Waals surface area contributed by atoms with Crippen LogP contribution in [0.1, 0.15) is 12.5 Å². The Hall–Kier alpha value is -1.72. The second kappa shape index (κ2) is 4.87. The fourth-order valence-corrected chi connectivity index (χ4v) is 1.02. The highest BCUT2D eigenvalue weighted by atomic mass is 19.4. The van der Waals surface area contributed by atoms with E-state index in [1.54, 1.807) is 6.92 Å². The van der Waals surface area contributed by atoms with E-state index in [1.807, 2.05) is 0 Å². The fraction of sp³-hybridized carbons (Fsp3) is 0.300. The van der Waals surface area contributed by atoms with Crippen LogP contribution in [0.15, 0.2) is 29.4 Å². The van der Waals surface area contributed by atoms with Crippen molar-refractivity contribution in [3.8, 4) is 5.75 Å². The van der Waals surface area contributed by atoms with Crippen molar-refractivity contribution in [2.24, 2.45) is 5.16 Å². The van der Waals surface area contributed by atoms with Gasteiger partial charge in [-0.3, -0.25) is 0 Å². The molecule has 0 saturated heterocycles. The third-order valence-corrected chi connectivity index (χ3v) is 1.82. The van der Waals surface area contributed by atoms with Crippen LogP contribution < -0.4 is 4.74 Å². The van der Waals surface area contributed by atoms with E-state index in [4.69, 9.17) is 5.21 Å². The first-order chi connectivity index (χ1) is 7.42. The molecule has 0 radical (unpaired) electrons. The number of rotatable bonds is 3. The number of hydrogen-bond donors (Lipinski definition) is 1. The van der Waals surface area contributed by atoms with E-state index in [9.17, 15) is 13.2 Å². The highest BCUT2D eigenvalue weighted by Gasteiger charge is 2.28. The fourth-order valence-electron chi connectivity index (χ4n) is 1.02. The van der Waals surface area contributed by atoms with E-state index in [0.717, 1.165) is 0 Å². The van der Waals surface area contributed by atoms with Gasteiger partial charge in [-0.1, -0.05) is 5.16 Å². The molecule has 1 aromatic carbocycles. The minimum Gasteiger partial charge on any atom is -0.484 e. The Morgan fingerprint density at radius 1 is 1.31 bits per heavy atom. The molecule has 0 fully saturated rings. The summed E-state index contributed by atoms with van der Waals surface area (Å²) in [5.41, 5.74) is 0.990. The van der Waals surface area contributed by atoms with Gasteiger partial charge < -0.3 is 9.94 Å². The molecule has 0 atom stereocenters. The number of ether oxygens (including phenoxy) is 1. The number of nitrogens with zero attached hydrogens (tertiary/aromatic N) is 1. The van der Waals surface area contributed by atoms with Gasteiger partial charge in [-0.15, -0.1) is 0 Å². The van der Waals surface area contributed by atoms with Crippen molar-refractivity contribution in [3.63, 3.8) is 0 Å². The normalized spacial score (nSPS) is 12.6. The van der Waals surface area contributed by atoms with Crippen molar-refractivity contribution >= 4 is 5.71 Å². The summed E-state index contributed by atoms with van der Waals surface area (Å²) in [6.45, 7) is 0.255. The topological polar surface area (TPSA) is 41.8 Å². The van der Waals surface area contributed by atoms with E-state index in [1.165, 1.54) is 24.3 Å². The van der Waals surface area contributed by atoms with Crippen molar-refractivity contribution in [2.75, 3.05) is 6.61 Å². The lowest BCUT2D eigenvalue weighted by molar-refractivity contribution is -0.153. The number of alkyl halides is 3. The van der Waals surface area contributed by atoms with Crippen molar-refractivity contribution in [1.82, 2.24) is 0 Å². The summed E-state index contributed by atoms with van der Waals surface area (Å²) in [5, 5.41) is 11.4. The van der Waals surface area contributed by atoms with Crippen LogP contribution in [0, 0.1) is 0 Å². The highest BCUT2D eigenvalue weighted by Crippen LogP contribution is 2.18. The van der Waals surface area contributed by atoms with Crippen LogP contribution in [-0.4, -0.2) is 23.7 Å². The molecule has 0 amide bonds. The van der Waals surface area contributed by atoms with Crippen molar-refractivity contribution in [3.05, 3.63) is 29.8 Å². The van der Waals surface area contributed by atoms with Gasteiger partial charge in [0.15, 0.2) is 6.61 Å². The molecule has 1 N–H and O–H groups in total. The summed E-state index contributed by atoms with van der Waals surface area (Å²) in [5.74, 6) is 0.117. The Kier molecular flexibility index (Phi) is 3.76. The van der Waals surface area contributed by atoms with Crippen LogP contribution in [-0.2, 0) is 0 Å². The smallest absolute Gasteiger partial charge is 0.422 e. The molecule has 16 heavy (non-hydrogen) atoms. The van der Waals surface area contributed by atoms with Crippen LogP contribution in [0.3, 0.4) is 0 Å². The number of hydrogen-bond acceptors (Lipinski definition) is 3. The Bertz CT molecular complexity index is 371. The lowest BCUT2D eigenvalue weighted by Crippen LogP contribution is -2.19. The molecule has 0 heterocycles. The zero-order valence-electron chi connectivity index (χ0n) is 8.45. The molecule has 0 saturated carbocycles. The first-order valence-electron chi connectivity index (χ1n) is 4.41. The van der Waals surface area contributed by atoms with Gasteiger partial charge in [0.05, 0.1) is 5.71 Å². The largest absolute Gasteiger partial charge is 0.484 e. The third-order valence-electron chi connectivity index (χ3n) is 1.82. The lowest BCUT2D eigenvalue weighted by Gasteiger charge is -2.09. The second-order valence-electron chi connectivity index (χ2n) is 3.11. The highest BCUT2D eigenvalue weighted by molar-refractivity contribution is 5.98. The molecule has 0 spiro atoms. The first kappa shape index (κ1) is 12.4. The Labute approximate surface area is 90.1 Å². The van der Waals surface area contributed by atoms with Gasteiger partial charge in [-0.05, 0) is 36.8 Å². The summed E-state index contributed by atoms with van der Waals surface area (Å²) >= 11 is 0. The molecule has 0 aliphatic rings. The van der Waals surface area contributed by atoms with Crippen LogP contribution in [0.5, 0.6) is 5.75 Å². The maximum absolute atomic E-state index is 11.8. The summed E-state index contributed by atoms with van der Waals surface area (Å²) < 4.78 is 40.0. The summed E-state index contributed by atoms with van der Waals surface area (Å²) in [6.07, 6.45) is -4.35. The predicted molar refractivity (Wildman–Crippen MR) is 52.0 cm³/mol. The molecule has 3 nitrogen and oxygen atoms in total. The SMILES string of the molecule is C/C(=N/O)c1ccc(OCC(F)(F)F)cc1. The average Bonchev–Trinajstić information content (AvgIpc) is 2.25. The Balaban J connectivity index is 2.65. The second-order valence-corrected chi connectivity index (χ2v) is 3.11. The molecule has 6 heteroatoms.